The minimum Gasteiger partial charge on any atom is -0.458 e. The van der Waals surface area contributed by atoms with Crippen molar-refractivity contribution in [1.82, 2.24) is 4.98 Å². The molecule has 0 bridgehead atoms. The fourth-order valence-corrected chi connectivity index (χ4v) is 14.0. The molecular weight excluding hydrogens is 655 g/mol. The Hall–Kier alpha value is -1.18. The van der Waals surface area contributed by atoms with Gasteiger partial charge in [0.2, 0.25) is 0 Å². The van der Waals surface area contributed by atoms with Gasteiger partial charge in [-0.3, -0.25) is 9.59 Å². The molecule has 1 aromatic heterocycles. The van der Waals surface area contributed by atoms with Crippen LogP contribution in [0, 0.1) is 24.2 Å². The minimum absolute atomic E-state index is 0.000990. The molecule has 0 aromatic carbocycles. The van der Waals surface area contributed by atoms with Gasteiger partial charge in [-0.05, 0) is 93.4 Å². The SMILES string of the molecule is CC[Si](CC)(CC)OC1C(C)CCCC(O)CCC(C(C)=Cc2csc(C)n2)OC(=O)CC(O[Si](CC)(CC)CC)C(C)(C)C(=O)C1C. The van der Waals surface area contributed by atoms with Crippen LogP contribution >= 0.6 is 11.3 Å². The number of thiazole rings is 1. The van der Waals surface area contributed by atoms with Gasteiger partial charge in [-0.1, -0.05) is 75.7 Å². The van der Waals surface area contributed by atoms with Crippen molar-refractivity contribution in [1.29, 1.82) is 0 Å². The quantitative estimate of drug-likeness (QED) is 0.169. The molecular formula is C38H69NO6SSi2. The van der Waals surface area contributed by atoms with Crippen LogP contribution < -0.4 is 0 Å². The number of aryl methyl sites for hydroxylation is 1. The zero-order chi connectivity index (χ0) is 36.3. The lowest BCUT2D eigenvalue weighted by Gasteiger charge is -2.44. The van der Waals surface area contributed by atoms with Crippen molar-refractivity contribution in [3.05, 3.63) is 21.7 Å². The predicted octanol–water partition coefficient (Wildman–Crippen LogP) is 10.1. The van der Waals surface area contributed by atoms with E-state index in [1.54, 1.807) is 11.3 Å². The highest BCUT2D eigenvalue weighted by molar-refractivity contribution is 7.09. The van der Waals surface area contributed by atoms with Gasteiger partial charge in [0.1, 0.15) is 11.9 Å². The Morgan fingerprint density at radius 1 is 0.958 bits per heavy atom. The van der Waals surface area contributed by atoms with Crippen molar-refractivity contribution in [2.24, 2.45) is 17.3 Å². The number of ketones is 1. The number of esters is 1. The molecule has 1 fully saturated rings. The second kappa shape index (κ2) is 19.4. The summed E-state index contributed by atoms with van der Waals surface area (Å²) in [5.74, 6) is -0.500. The van der Waals surface area contributed by atoms with Crippen molar-refractivity contribution in [3.8, 4) is 0 Å². The number of rotatable bonds is 12. The molecule has 1 aromatic rings. The number of Topliss-reactive ketones (excluding diaryl/α,β-unsaturated/α-hetero) is 1. The molecule has 0 amide bonds. The van der Waals surface area contributed by atoms with Crippen LogP contribution in [0.1, 0.15) is 125 Å². The molecule has 1 saturated heterocycles. The van der Waals surface area contributed by atoms with Crippen LogP contribution in [0.15, 0.2) is 11.0 Å². The summed E-state index contributed by atoms with van der Waals surface area (Å²) in [7, 11) is -4.26. The lowest BCUT2D eigenvalue weighted by atomic mass is 9.73. The van der Waals surface area contributed by atoms with Gasteiger partial charge >= 0.3 is 5.97 Å². The highest BCUT2D eigenvalue weighted by Gasteiger charge is 2.48. The average Bonchev–Trinajstić information content (AvgIpc) is 3.48. The third kappa shape index (κ3) is 11.4. The number of ether oxygens (including phenoxy) is 1. The van der Waals surface area contributed by atoms with Gasteiger partial charge in [0.05, 0.1) is 35.4 Å². The number of nitrogens with zero attached hydrogens (tertiary/aromatic N) is 1. The summed E-state index contributed by atoms with van der Waals surface area (Å²) < 4.78 is 20.5. The van der Waals surface area contributed by atoms with Crippen molar-refractivity contribution >= 4 is 45.8 Å². The maximum absolute atomic E-state index is 14.8. The van der Waals surface area contributed by atoms with Crippen LogP contribution in [0.4, 0.5) is 0 Å². The Labute approximate surface area is 299 Å². The summed E-state index contributed by atoms with van der Waals surface area (Å²) in [6.07, 6.45) is 3.55. The van der Waals surface area contributed by atoms with Gasteiger partial charge in [-0.25, -0.2) is 4.98 Å². The largest absolute Gasteiger partial charge is 0.458 e. The number of carbonyl (C=O) groups is 2. The maximum Gasteiger partial charge on any atom is 0.309 e. The highest BCUT2D eigenvalue weighted by Crippen LogP contribution is 2.40. The number of hydrogen-bond acceptors (Lipinski definition) is 8. The van der Waals surface area contributed by atoms with Gasteiger partial charge in [-0.15, -0.1) is 11.3 Å². The Bertz CT molecular complexity index is 1160. The number of hydrogen-bond donors (Lipinski definition) is 1. The molecule has 1 N–H and O–H groups in total. The number of aliphatic hydroxyl groups is 1. The topological polar surface area (TPSA) is 95.0 Å². The Kier molecular flexibility index (Phi) is 17.4. The zero-order valence-electron chi connectivity index (χ0n) is 32.4. The Morgan fingerprint density at radius 2 is 1.52 bits per heavy atom. The van der Waals surface area contributed by atoms with Crippen molar-refractivity contribution in [2.45, 2.75) is 182 Å². The molecule has 1 aliphatic rings. The molecule has 0 radical (unpaired) electrons. The number of cyclic esters (lactones) is 1. The summed E-state index contributed by atoms with van der Waals surface area (Å²) in [4.78, 5) is 33.4. The molecule has 0 saturated carbocycles. The van der Waals surface area contributed by atoms with E-state index in [2.05, 4.69) is 53.5 Å². The van der Waals surface area contributed by atoms with E-state index < -0.39 is 40.4 Å². The lowest BCUT2D eigenvalue weighted by Crippen LogP contribution is -2.53. The first-order valence-corrected chi connectivity index (χ1v) is 24.9. The molecule has 1 aliphatic heterocycles. The third-order valence-electron chi connectivity index (χ3n) is 11.7. The van der Waals surface area contributed by atoms with E-state index in [4.69, 9.17) is 13.6 Å². The van der Waals surface area contributed by atoms with E-state index in [-0.39, 0.29) is 36.1 Å². The van der Waals surface area contributed by atoms with Crippen LogP contribution in [0.3, 0.4) is 0 Å². The van der Waals surface area contributed by atoms with Gasteiger partial charge < -0.3 is 18.7 Å². The zero-order valence-corrected chi connectivity index (χ0v) is 35.3. The van der Waals surface area contributed by atoms with Crippen molar-refractivity contribution < 1.29 is 28.3 Å². The first-order valence-electron chi connectivity index (χ1n) is 18.9. The van der Waals surface area contributed by atoms with Gasteiger partial charge in [-0.2, -0.15) is 0 Å². The predicted molar refractivity (Wildman–Crippen MR) is 205 cm³/mol. The average molecular weight is 724 g/mol. The number of carbonyl (C=O) groups excluding carboxylic acids is 2. The van der Waals surface area contributed by atoms with Gasteiger partial charge in [0.15, 0.2) is 16.6 Å². The van der Waals surface area contributed by atoms with Crippen molar-refractivity contribution in [3.63, 3.8) is 0 Å². The standard InChI is InChI=1S/C38H69NO6SSi2/c1-13-47(14-2,15-3)44-34-25-35(41)43-33(28(8)24-31-26-46-30(10)39-31)23-22-32(40)21-19-20-27(7)36(29(9)37(42)38(34,11)12)45-48(16-4,17-5)18-6/h24,26-27,29,32-34,36,40H,13-23,25H2,1-12H3. The van der Waals surface area contributed by atoms with E-state index in [9.17, 15) is 14.7 Å². The van der Waals surface area contributed by atoms with Crippen LogP contribution in [0.2, 0.25) is 36.3 Å². The summed E-state index contributed by atoms with van der Waals surface area (Å²) in [5, 5.41) is 14.1. The lowest BCUT2D eigenvalue weighted by molar-refractivity contribution is -0.154. The molecule has 0 aliphatic carbocycles. The molecule has 10 heteroatoms. The molecule has 7 nitrogen and oxygen atoms in total. The first kappa shape index (κ1) is 43.0. The van der Waals surface area contributed by atoms with E-state index in [1.807, 2.05) is 46.1 Å². The normalized spacial score (nSPS) is 27.6. The Morgan fingerprint density at radius 3 is 2.04 bits per heavy atom. The highest BCUT2D eigenvalue weighted by atomic mass is 32.1. The van der Waals surface area contributed by atoms with Gasteiger partial charge in [0.25, 0.3) is 0 Å². The molecule has 6 unspecified atom stereocenters. The van der Waals surface area contributed by atoms with E-state index in [0.717, 1.165) is 65.4 Å². The summed E-state index contributed by atoms with van der Waals surface area (Å²) in [5.41, 5.74) is 0.808. The van der Waals surface area contributed by atoms with Crippen LogP contribution in [-0.2, 0) is 23.2 Å². The van der Waals surface area contributed by atoms with E-state index in [0.29, 0.717) is 19.3 Å². The fraction of sp³-hybridized carbons (Fsp3) is 0.816. The third-order valence-corrected chi connectivity index (χ3v) is 21.7. The van der Waals surface area contributed by atoms with Crippen LogP contribution in [0.25, 0.3) is 6.08 Å². The molecule has 276 valence electrons. The molecule has 48 heavy (non-hydrogen) atoms. The fourth-order valence-electron chi connectivity index (χ4n) is 7.48. The first-order chi connectivity index (χ1) is 22.6. The smallest absolute Gasteiger partial charge is 0.309 e. The second-order valence-corrected chi connectivity index (χ2v) is 25.6. The summed E-state index contributed by atoms with van der Waals surface area (Å²) in [6.45, 7) is 25.4. The molecule has 2 heterocycles. The van der Waals surface area contributed by atoms with Crippen LogP contribution in [0.5, 0.6) is 0 Å². The van der Waals surface area contributed by atoms with Gasteiger partial charge in [0, 0.05) is 16.7 Å². The molecule has 0 spiro atoms. The Balaban J connectivity index is 2.62. The summed E-state index contributed by atoms with van der Waals surface area (Å²) >= 11 is 1.58. The van der Waals surface area contributed by atoms with Crippen LogP contribution in [-0.4, -0.2) is 62.9 Å². The minimum atomic E-state index is -2.22. The van der Waals surface area contributed by atoms with E-state index >= 15 is 0 Å². The maximum atomic E-state index is 14.8. The molecule has 6 atom stereocenters. The monoisotopic (exact) mass is 723 g/mol. The molecule has 2 rings (SSSR count). The summed E-state index contributed by atoms with van der Waals surface area (Å²) in [6, 6.07) is 5.79. The number of aromatic nitrogens is 1. The van der Waals surface area contributed by atoms with E-state index in [1.165, 1.54) is 0 Å². The van der Waals surface area contributed by atoms with Crippen molar-refractivity contribution in [2.75, 3.05) is 0 Å². The number of aliphatic hydroxyl groups excluding tert-OH is 1. The second-order valence-electron chi connectivity index (χ2n) is 15.1.